The molecule has 2 saturated heterocycles. The number of carbonyl (C=O) groups excluding carboxylic acids is 1. The maximum atomic E-state index is 12.5. The first-order valence-corrected chi connectivity index (χ1v) is 9.88. The number of likely N-dealkylation sites (tertiary alicyclic amines) is 1. The Kier molecular flexibility index (Phi) is 4.87. The molecule has 1 amide bonds. The van der Waals surface area contributed by atoms with Gasteiger partial charge in [-0.1, -0.05) is 0 Å². The Balaban J connectivity index is 1.28. The average Bonchev–Trinajstić information content (AvgIpc) is 3.07. The Labute approximate surface area is 150 Å². The number of amides is 1. The number of nitrogens with zero attached hydrogens (tertiary/aromatic N) is 2. The van der Waals surface area contributed by atoms with Crippen molar-refractivity contribution >= 4 is 5.91 Å². The van der Waals surface area contributed by atoms with Crippen LogP contribution in [0.5, 0.6) is 0 Å². The van der Waals surface area contributed by atoms with E-state index in [9.17, 15) is 4.79 Å². The largest absolute Gasteiger partial charge is 0.381 e. The highest BCUT2D eigenvalue weighted by atomic mass is 16.5. The van der Waals surface area contributed by atoms with E-state index in [4.69, 9.17) is 4.74 Å². The van der Waals surface area contributed by atoms with Crippen molar-refractivity contribution in [3.8, 4) is 0 Å². The molecule has 2 aliphatic heterocycles. The molecule has 0 radical (unpaired) electrons. The number of rotatable bonds is 4. The molecule has 1 aromatic rings. The van der Waals surface area contributed by atoms with E-state index in [1.54, 1.807) is 0 Å². The first-order valence-electron chi connectivity index (χ1n) is 9.88. The lowest BCUT2D eigenvalue weighted by Gasteiger charge is -2.54. The molecule has 0 bridgehead atoms. The van der Waals surface area contributed by atoms with E-state index < -0.39 is 0 Å². The Hall–Kier alpha value is -1.33. The molecule has 3 heterocycles. The van der Waals surface area contributed by atoms with Gasteiger partial charge < -0.3 is 19.5 Å². The SMILES string of the molecule is Cn1ccc(C(=O)N[C@@H]2CCC23CCN(CC2CCOCC2)CC3)c1. The molecule has 3 fully saturated rings. The quantitative estimate of drug-likeness (QED) is 0.912. The summed E-state index contributed by atoms with van der Waals surface area (Å²) in [6.45, 7) is 5.50. The van der Waals surface area contributed by atoms with Gasteiger partial charge in [-0.2, -0.15) is 0 Å². The fourth-order valence-electron chi connectivity index (χ4n) is 4.87. The van der Waals surface area contributed by atoms with E-state index in [0.29, 0.717) is 11.5 Å². The van der Waals surface area contributed by atoms with Crippen LogP contribution in [0.15, 0.2) is 18.5 Å². The summed E-state index contributed by atoms with van der Waals surface area (Å²) < 4.78 is 7.41. The zero-order chi connectivity index (χ0) is 17.3. The maximum Gasteiger partial charge on any atom is 0.253 e. The van der Waals surface area contributed by atoms with Gasteiger partial charge in [-0.05, 0) is 69.0 Å². The smallest absolute Gasteiger partial charge is 0.253 e. The van der Waals surface area contributed by atoms with Crippen molar-refractivity contribution in [1.82, 2.24) is 14.8 Å². The van der Waals surface area contributed by atoms with Gasteiger partial charge in [-0.3, -0.25) is 4.79 Å². The summed E-state index contributed by atoms with van der Waals surface area (Å²) in [6, 6.07) is 2.27. The van der Waals surface area contributed by atoms with Crippen molar-refractivity contribution in [3.63, 3.8) is 0 Å². The molecule has 3 aliphatic rings. The van der Waals surface area contributed by atoms with Crippen molar-refractivity contribution in [1.29, 1.82) is 0 Å². The highest BCUT2D eigenvalue weighted by Gasteiger charge is 2.48. The van der Waals surface area contributed by atoms with Crippen molar-refractivity contribution in [2.45, 2.75) is 44.6 Å². The highest BCUT2D eigenvalue weighted by Crippen LogP contribution is 2.49. The molecule has 25 heavy (non-hydrogen) atoms. The zero-order valence-corrected chi connectivity index (χ0v) is 15.4. The standard InChI is InChI=1S/C20H31N3O2/c1-22-9-3-17(15-22)19(24)21-18-2-6-20(18)7-10-23(11-8-20)14-16-4-12-25-13-5-16/h3,9,15-16,18H,2,4-8,10-14H2,1H3,(H,21,24)/t18-/m1/s1. The van der Waals surface area contributed by atoms with Gasteiger partial charge in [0.1, 0.15) is 0 Å². The number of hydrogen-bond donors (Lipinski definition) is 1. The van der Waals surface area contributed by atoms with Gasteiger partial charge in [0.2, 0.25) is 0 Å². The summed E-state index contributed by atoms with van der Waals surface area (Å²) in [5.41, 5.74) is 1.14. The van der Waals surface area contributed by atoms with Gasteiger partial charge in [-0.25, -0.2) is 0 Å². The van der Waals surface area contributed by atoms with Gasteiger partial charge in [0.25, 0.3) is 5.91 Å². The second-order valence-electron chi connectivity index (χ2n) is 8.35. The summed E-state index contributed by atoms with van der Waals surface area (Å²) in [4.78, 5) is 15.1. The number of carbonyl (C=O) groups is 1. The highest BCUT2D eigenvalue weighted by molar-refractivity contribution is 5.94. The monoisotopic (exact) mass is 345 g/mol. The molecule has 0 aromatic carbocycles. The minimum Gasteiger partial charge on any atom is -0.381 e. The van der Waals surface area contributed by atoms with Crippen LogP contribution in [0.4, 0.5) is 0 Å². The molecule has 0 unspecified atom stereocenters. The lowest BCUT2D eigenvalue weighted by Crippen LogP contribution is -2.59. The van der Waals surface area contributed by atoms with Crippen LogP contribution in [-0.4, -0.2) is 54.3 Å². The van der Waals surface area contributed by atoms with E-state index in [1.165, 1.54) is 51.7 Å². The maximum absolute atomic E-state index is 12.5. The number of piperidine rings is 1. The third-order valence-electron chi connectivity index (χ3n) is 6.78. The molecule has 5 heteroatoms. The van der Waals surface area contributed by atoms with Crippen LogP contribution in [0.2, 0.25) is 0 Å². The molecule has 4 rings (SSSR count). The number of aromatic nitrogens is 1. The fraction of sp³-hybridized carbons (Fsp3) is 0.750. The van der Waals surface area contributed by atoms with Crippen LogP contribution in [0.3, 0.4) is 0 Å². The van der Waals surface area contributed by atoms with Crippen molar-refractivity contribution < 1.29 is 9.53 Å². The molecule has 5 nitrogen and oxygen atoms in total. The predicted molar refractivity (Wildman–Crippen MR) is 97.6 cm³/mol. The van der Waals surface area contributed by atoms with Crippen molar-refractivity contribution in [2.24, 2.45) is 18.4 Å². The van der Waals surface area contributed by atoms with Gasteiger partial charge in [0.15, 0.2) is 0 Å². The number of aryl methyl sites for hydroxylation is 1. The molecule has 1 aliphatic carbocycles. The molecule has 1 N–H and O–H groups in total. The van der Waals surface area contributed by atoms with Crippen LogP contribution in [-0.2, 0) is 11.8 Å². The van der Waals surface area contributed by atoms with Gasteiger partial charge in [0, 0.05) is 45.2 Å². The lowest BCUT2D eigenvalue weighted by molar-refractivity contribution is -0.0158. The molecular weight excluding hydrogens is 314 g/mol. The molecule has 1 atom stereocenters. The summed E-state index contributed by atoms with van der Waals surface area (Å²) in [5.74, 6) is 0.909. The summed E-state index contributed by atoms with van der Waals surface area (Å²) in [6.07, 6.45) is 11.1. The minimum atomic E-state index is 0.0920. The number of hydrogen-bond acceptors (Lipinski definition) is 3. The van der Waals surface area contributed by atoms with E-state index >= 15 is 0 Å². The Morgan fingerprint density at radius 3 is 2.60 bits per heavy atom. The van der Waals surface area contributed by atoms with Crippen LogP contribution >= 0.6 is 0 Å². The lowest BCUT2D eigenvalue weighted by atomic mass is 9.59. The number of ether oxygens (including phenoxy) is 1. The Morgan fingerprint density at radius 1 is 1.24 bits per heavy atom. The Morgan fingerprint density at radius 2 is 2.00 bits per heavy atom. The number of nitrogens with one attached hydrogen (secondary N) is 1. The van der Waals surface area contributed by atoms with Crippen molar-refractivity contribution in [3.05, 3.63) is 24.0 Å². The van der Waals surface area contributed by atoms with E-state index in [2.05, 4.69) is 10.2 Å². The third kappa shape index (κ3) is 3.63. The molecule has 1 spiro atoms. The van der Waals surface area contributed by atoms with Gasteiger partial charge in [-0.15, -0.1) is 0 Å². The summed E-state index contributed by atoms with van der Waals surface area (Å²) >= 11 is 0. The first-order chi connectivity index (χ1) is 12.1. The van der Waals surface area contributed by atoms with Crippen LogP contribution < -0.4 is 5.32 Å². The predicted octanol–water partition coefficient (Wildman–Crippen LogP) is 2.43. The van der Waals surface area contributed by atoms with Gasteiger partial charge >= 0.3 is 0 Å². The Bertz CT molecular complexity index is 598. The molecule has 138 valence electrons. The van der Waals surface area contributed by atoms with Crippen LogP contribution in [0.1, 0.15) is 48.9 Å². The molecule has 1 aromatic heterocycles. The second-order valence-corrected chi connectivity index (χ2v) is 8.35. The van der Waals surface area contributed by atoms with Gasteiger partial charge in [0.05, 0.1) is 5.56 Å². The van der Waals surface area contributed by atoms with Crippen molar-refractivity contribution in [2.75, 3.05) is 32.8 Å². The van der Waals surface area contributed by atoms with Crippen LogP contribution in [0, 0.1) is 11.3 Å². The molecule has 1 saturated carbocycles. The van der Waals surface area contributed by atoms with E-state index in [1.807, 2.05) is 30.1 Å². The molecular formula is C20H31N3O2. The topological polar surface area (TPSA) is 46.5 Å². The minimum absolute atomic E-state index is 0.0920. The van der Waals surface area contributed by atoms with E-state index in [0.717, 1.165) is 31.1 Å². The zero-order valence-electron chi connectivity index (χ0n) is 15.4. The normalized spacial score (nSPS) is 27.2. The van der Waals surface area contributed by atoms with Crippen LogP contribution in [0.25, 0.3) is 0 Å². The second kappa shape index (κ2) is 7.12. The summed E-state index contributed by atoms with van der Waals surface area (Å²) in [5, 5.41) is 3.32. The van der Waals surface area contributed by atoms with E-state index in [-0.39, 0.29) is 5.91 Å². The summed E-state index contributed by atoms with van der Waals surface area (Å²) in [7, 11) is 1.95. The third-order valence-corrected chi connectivity index (χ3v) is 6.78. The first kappa shape index (κ1) is 17.1. The fourth-order valence-corrected chi connectivity index (χ4v) is 4.87. The average molecular weight is 345 g/mol.